The van der Waals surface area contributed by atoms with E-state index in [0.717, 1.165) is 29.8 Å². The molecule has 1 aromatic carbocycles. The highest BCUT2D eigenvalue weighted by molar-refractivity contribution is 5.55. The van der Waals surface area contributed by atoms with E-state index in [1.165, 1.54) is 16.7 Å². The van der Waals surface area contributed by atoms with Gasteiger partial charge in [-0.25, -0.2) is 9.37 Å². The molecule has 2 heterocycles. The minimum atomic E-state index is -0.295. The fourth-order valence-electron chi connectivity index (χ4n) is 2.35. The number of hydrogen-bond donors (Lipinski definition) is 1. The van der Waals surface area contributed by atoms with Gasteiger partial charge in [0.15, 0.2) is 0 Å². The predicted octanol–water partition coefficient (Wildman–Crippen LogP) is 1.23. The lowest BCUT2D eigenvalue weighted by Gasteiger charge is -2.18. The molecule has 98 valence electrons. The van der Waals surface area contributed by atoms with Crippen molar-refractivity contribution >= 4 is 0 Å². The van der Waals surface area contributed by atoms with Gasteiger partial charge in [0, 0.05) is 32.1 Å². The largest absolute Gasteiger partial charge is 0.312 e. The summed E-state index contributed by atoms with van der Waals surface area (Å²) in [7, 11) is 1.70. The van der Waals surface area contributed by atoms with Crippen molar-refractivity contribution in [1.29, 1.82) is 0 Å². The summed E-state index contributed by atoms with van der Waals surface area (Å²) < 4.78 is 14.5. The Balaban J connectivity index is 2.19. The van der Waals surface area contributed by atoms with Gasteiger partial charge in [-0.05, 0) is 24.3 Å². The molecule has 0 saturated carbocycles. The van der Waals surface area contributed by atoms with Crippen LogP contribution in [0.3, 0.4) is 0 Å². The lowest BCUT2D eigenvalue weighted by molar-refractivity contribution is 0.608. The number of aromatic nitrogens is 2. The topological polar surface area (TPSA) is 46.9 Å². The van der Waals surface area contributed by atoms with Crippen molar-refractivity contribution in [2.24, 2.45) is 7.05 Å². The van der Waals surface area contributed by atoms with E-state index in [-0.39, 0.29) is 11.4 Å². The molecule has 0 fully saturated rings. The molecular formula is C14H14FN3O. The summed E-state index contributed by atoms with van der Waals surface area (Å²) in [6.07, 6.45) is 0.750. The Morgan fingerprint density at radius 2 is 2.05 bits per heavy atom. The van der Waals surface area contributed by atoms with Crippen LogP contribution in [-0.2, 0) is 20.0 Å². The SMILES string of the molecule is Cn1c(-c2ccc(F)cc2)nc2c(c1=O)CNCC2. The maximum absolute atomic E-state index is 13.0. The monoisotopic (exact) mass is 259 g/mol. The number of hydrogen-bond acceptors (Lipinski definition) is 3. The first kappa shape index (κ1) is 12.0. The molecule has 0 unspecified atom stereocenters. The second-order valence-corrected chi connectivity index (χ2v) is 4.66. The van der Waals surface area contributed by atoms with Gasteiger partial charge in [0.05, 0.1) is 11.3 Å². The summed E-state index contributed by atoms with van der Waals surface area (Å²) in [6, 6.07) is 6.04. The normalized spacial score (nSPS) is 14.2. The molecule has 0 spiro atoms. The minimum Gasteiger partial charge on any atom is -0.312 e. The molecule has 0 saturated heterocycles. The molecule has 0 radical (unpaired) electrons. The highest BCUT2D eigenvalue weighted by Gasteiger charge is 2.18. The standard InChI is InChI=1S/C14H14FN3O/c1-18-13(9-2-4-10(15)5-3-9)17-12-6-7-16-8-11(12)14(18)19/h2-5,16H,6-8H2,1H3. The maximum Gasteiger partial charge on any atom is 0.258 e. The van der Waals surface area contributed by atoms with Crippen LogP contribution in [0.4, 0.5) is 4.39 Å². The third kappa shape index (κ3) is 2.06. The summed E-state index contributed by atoms with van der Waals surface area (Å²) in [6.45, 7) is 1.40. The number of benzene rings is 1. The fraction of sp³-hybridized carbons (Fsp3) is 0.286. The molecule has 0 bridgehead atoms. The van der Waals surface area contributed by atoms with Crippen molar-refractivity contribution in [3.05, 3.63) is 51.7 Å². The molecule has 1 aliphatic heterocycles. The molecule has 1 aliphatic rings. The lowest BCUT2D eigenvalue weighted by Crippen LogP contribution is -2.34. The van der Waals surface area contributed by atoms with Crippen LogP contribution in [0, 0.1) is 5.82 Å². The molecule has 19 heavy (non-hydrogen) atoms. The van der Waals surface area contributed by atoms with Crippen LogP contribution in [0.25, 0.3) is 11.4 Å². The van der Waals surface area contributed by atoms with Gasteiger partial charge >= 0.3 is 0 Å². The van der Waals surface area contributed by atoms with Gasteiger partial charge in [-0.2, -0.15) is 0 Å². The first-order valence-corrected chi connectivity index (χ1v) is 6.22. The summed E-state index contributed by atoms with van der Waals surface area (Å²) in [5.74, 6) is 0.293. The highest BCUT2D eigenvalue weighted by Crippen LogP contribution is 2.18. The van der Waals surface area contributed by atoms with Crippen LogP contribution >= 0.6 is 0 Å². The summed E-state index contributed by atoms with van der Waals surface area (Å²) in [5, 5.41) is 3.17. The predicted molar refractivity (Wildman–Crippen MR) is 70.3 cm³/mol. The van der Waals surface area contributed by atoms with Crippen LogP contribution in [0.1, 0.15) is 11.3 Å². The molecule has 3 rings (SSSR count). The molecule has 0 amide bonds. The van der Waals surface area contributed by atoms with E-state index < -0.39 is 0 Å². The zero-order chi connectivity index (χ0) is 13.4. The first-order valence-electron chi connectivity index (χ1n) is 6.22. The zero-order valence-corrected chi connectivity index (χ0v) is 10.6. The van der Waals surface area contributed by atoms with Gasteiger partial charge in [0.25, 0.3) is 5.56 Å². The molecule has 0 aliphatic carbocycles. The average Bonchev–Trinajstić information content (AvgIpc) is 2.44. The van der Waals surface area contributed by atoms with Gasteiger partial charge in [-0.3, -0.25) is 9.36 Å². The zero-order valence-electron chi connectivity index (χ0n) is 10.6. The Bertz CT molecular complexity index is 676. The van der Waals surface area contributed by atoms with Crippen LogP contribution in [-0.4, -0.2) is 16.1 Å². The van der Waals surface area contributed by atoms with Gasteiger partial charge < -0.3 is 5.32 Å². The van der Waals surface area contributed by atoms with Gasteiger partial charge in [-0.1, -0.05) is 0 Å². The third-order valence-corrected chi connectivity index (χ3v) is 3.41. The number of fused-ring (bicyclic) bond motifs is 1. The van der Waals surface area contributed by atoms with E-state index in [4.69, 9.17) is 0 Å². The van der Waals surface area contributed by atoms with Gasteiger partial charge in [-0.15, -0.1) is 0 Å². The van der Waals surface area contributed by atoms with Crippen molar-refractivity contribution in [2.75, 3.05) is 6.54 Å². The van der Waals surface area contributed by atoms with E-state index in [1.54, 1.807) is 19.2 Å². The smallest absolute Gasteiger partial charge is 0.258 e. The number of rotatable bonds is 1. The summed E-state index contributed by atoms with van der Waals surface area (Å²) in [4.78, 5) is 16.9. The number of halogens is 1. The Morgan fingerprint density at radius 1 is 1.32 bits per heavy atom. The number of nitrogens with zero attached hydrogens (tertiary/aromatic N) is 2. The van der Waals surface area contributed by atoms with Crippen molar-refractivity contribution in [1.82, 2.24) is 14.9 Å². The lowest BCUT2D eigenvalue weighted by atomic mass is 10.1. The van der Waals surface area contributed by atoms with E-state index in [9.17, 15) is 9.18 Å². The van der Waals surface area contributed by atoms with Gasteiger partial charge in [0.2, 0.25) is 0 Å². The van der Waals surface area contributed by atoms with Crippen LogP contribution in [0.2, 0.25) is 0 Å². The summed E-state index contributed by atoms with van der Waals surface area (Å²) >= 11 is 0. The molecule has 2 aromatic rings. The molecular weight excluding hydrogens is 245 g/mol. The third-order valence-electron chi connectivity index (χ3n) is 3.41. The van der Waals surface area contributed by atoms with E-state index in [0.29, 0.717) is 12.4 Å². The van der Waals surface area contributed by atoms with Crippen molar-refractivity contribution < 1.29 is 4.39 Å². The van der Waals surface area contributed by atoms with Crippen LogP contribution in [0.15, 0.2) is 29.1 Å². The van der Waals surface area contributed by atoms with E-state index in [1.807, 2.05) is 0 Å². The Morgan fingerprint density at radius 3 is 2.79 bits per heavy atom. The molecule has 4 nitrogen and oxygen atoms in total. The average molecular weight is 259 g/mol. The molecule has 5 heteroatoms. The molecule has 1 aromatic heterocycles. The Labute approximate surface area is 109 Å². The number of nitrogens with one attached hydrogen (secondary N) is 1. The summed E-state index contributed by atoms with van der Waals surface area (Å²) in [5.41, 5.74) is 2.31. The second kappa shape index (κ2) is 4.59. The minimum absolute atomic E-state index is 0.0310. The first-order chi connectivity index (χ1) is 9.16. The maximum atomic E-state index is 13.0. The molecule has 0 atom stereocenters. The van der Waals surface area contributed by atoms with Crippen molar-refractivity contribution in [3.63, 3.8) is 0 Å². The van der Waals surface area contributed by atoms with Crippen molar-refractivity contribution in [2.45, 2.75) is 13.0 Å². The highest BCUT2D eigenvalue weighted by atomic mass is 19.1. The van der Waals surface area contributed by atoms with Crippen LogP contribution < -0.4 is 10.9 Å². The van der Waals surface area contributed by atoms with E-state index in [2.05, 4.69) is 10.3 Å². The Hall–Kier alpha value is -2.01. The fourth-order valence-corrected chi connectivity index (χ4v) is 2.35. The van der Waals surface area contributed by atoms with E-state index >= 15 is 0 Å². The van der Waals surface area contributed by atoms with Crippen LogP contribution in [0.5, 0.6) is 0 Å². The molecule has 1 N–H and O–H groups in total. The second-order valence-electron chi connectivity index (χ2n) is 4.66. The van der Waals surface area contributed by atoms with Gasteiger partial charge in [0.1, 0.15) is 11.6 Å². The Kier molecular flexibility index (Phi) is 2.91. The van der Waals surface area contributed by atoms with Crippen molar-refractivity contribution in [3.8, 4) is 11.4 Å². The quantitative estimate of drug-likeness (QED) is 0.838.